The van der Waals surface area contributed by atoms with Gasteiger partial charge in [0.1, 0.15) is 30.0 Å². The van der Waals surface area contributed by atoms with Crippen molar-refractivity contribution in [2.45, 2.75) is 50.8 Å². The first kappa shape index (κ1) is 26.5. The number of hydrogen-bond donors (Lipinski definition) is 2. The summed E-state index contributed by atoms with van der Waals surface area (Å²) in [6.07, 6.45) is 6.44. The van der Waals surface area contributed by atoms with Crippen LogP contribution in [0, 0.1) is 11.3 Å². The second-order valence-corrected chi connectivity index (χ2v) is 9.87. The molecule has 1 aliphatic carbocycles. The number of aryl methyl sites for hydroxylation is 1. The topological polar surface area (TPSA) is 150 Å². The lowest BCUT2D eigenvalue weighted by Gasteiger charge is -2.31. The number of hydrogen-bond acceptors (Lipinski definition) is 9. The molecule has 0 radical (unpaired) electrons. The molecular weight excluding hydrogens is 502 g/mol. The third-order valence-electron chi connectivity index (χ3n) is 7.43. The minimum Gasteiger partial charge on any atom is -0.379 e. The predicted molar refractivity (Wildman–Crippen MR) is 142 cm³/mol. The Morgan fingerprint density at radius 3 is 2.95 bits per heavy atom. The van der Waals surface area contributed by atoms with Gasteiger partial charge in [0.25, 0.3) is 0 Å². The molecule has 2 atom stereocenters. The summed E-state index contributed by atoms with van der Waals surface area (Å²) in [5, 5.41) is 15.8. The number of ether oxygens (including phenoxy) is 2. The minimum absolute atomic E-state index is 0.0248. The molecule has 2 N–H and O–H groups in total. The van der Waals surface area contributed by atoms with Crippen LogP contribution in [-0.2, 0) is 27.2 Å². The number of urea groups is 1. The highest BCUT2D eigenvalue weighted by molar-refractivity contribution is 6.02. The number of nitrogens with one attached hydrogen (secondary N) is 2. The smallest absolute Gasteiger partial charge is 0.328 e. The molecule has 1 saturated carbocycles. The number of carbonyl (C=O) groups excluding carboxylic acids is 3. The summed E-state index contributed by atoms with van der Waals surface area (Å²) in [5.74, 6) is 0.573. The monoisotopic (exact) mass is 533 g/mol. The molecule has 2 fully saturated rings. The van der Waals surface area contributed by atoms with Gasteiger partial charge in [-0.25, -0.2) is 14.8 Å². The highest BCUT2D eigenvalue weighted by atomic mass is 16.5. The first-order valence-corrected chi connectivity index (χ1v) is 13.1. The van der Waals surface area contributed by atoms with Crippen LogP contribution in [0.15, 0.2) is 18.3 Å². The van der Waals surface area contributed by atoms with Gasteiger partial charge < -0.3 is 19.7 Å². The van der Waals surface area contributed by atoms with Gasteiger partial charge in [-0.05, 0) is 43.7 Å². The molecule has 3 aliphatic rings. The van der Waals surface area contributed by atoms with Crippen molar-refractivity contribution in [3.63, 3.8) is 0 Å². The van der Waals surface area contributed by atoms with Crippen molar-refractivity contribution >= 4 is 35.5 Å². The summed E-state index contributed by atoms with van der Waals surface area (Å²) in [5.41, 5.74) is 2.63. The van der Waals surface area contributed by atoms with E-state index >= 15 is 0 Å². The molecule has 0 aromatic carbocycles. The van der Waals surface area contributed by atoms with E-state index in [1.807, 2.05) is 6.07 Å². The van der Waals surface area contributed by atoms with Crippen LogP contribution in [0.1, 0.15) is 52.9 Å². The lowest BCUT2D eigenvalue weighted by Crippen LogP contribution is -2.42. The molecule has 0 spiro atoms. The number of morpholine rings is 1. The first-order chi connectivity index (χ1) is 19.0. The molecule has 4 heterocycles. The van der Waals surface area contributed by atoms with E-state index in [4.69, 9.17) is 9.47 Å². The largest absolute Gasteiger partial charge is 0.379 e. The fraction of sp³-hybridized carbons (Fsp3) is 0.481. The summed E-state index contributed by atoms with van der Waals surface area (Å²) in [6.45, 7) is 1.60. The molecule has 0 bridgehead atoms. The number of rotatable bonds is 7. The number of aromatic nitrogens is 2. The average molecular weight is 534 g/mol. The Balaban J connectivity index is 1.35. The van der Waals surface area contributed by atoms with Gasteiger partial charge in [0.15, 0.2) is 6.29 Å². The standard InChI is InChI=1S/C27H31N7O5/c1-38-23-6-2-5-20(23)30-21-11-24(29-13-19(21)12-28)32-27(37)34-7-3-4-17-10-18(22(15-35)31-26(17)34)14-33-8-9-39-16-25(33)36/h10-11,13,15,20,23H,2-9,14,16H2,1H3,(H2,29,30,32,37)/t20-,23-/m0/s1. The number of carbonyl (C=O) groups is 3. The zero-order chi connectivity index (χ0) is 27.4. The molecule has 2 aromatic heterocycles. The van der Waals surface area contributed by atoms with Crippen molar-refractivity contribution in [2.75, 3.05) is 48.9 Å². The van der Waals surface area contributed by atoms with Crippen LogP contribution in [0.2, 0.25) is 0 Å². The van der Waals surface area contributed by atoms with Crippen LogP contribution in [0.5, 0.6) is 0 Å². The van der Waals surface area contributed by atoms with Crippen LogP contribution >= 0.6 is 0 Å². The van der Waals surface area contributed by atoms with Gasteiger partial charge in [-0.2, -0.15) is 5.26 Å². The molecular formula is C27H31N7O5. The van der Waals surface area contributed by atoms with E-state index in [1.165, 1.54) is 11.1 Å². The Morgan fingerprint density at radius 2 is 2.18 bits per heavy atom. The van der Waals surface area contributed by atoms with Crippen LogP contribution in [0.4, 0.5) is 22.1 Å². The van der Waals surface area contributed by atoms with E-state index < -0.39 is 6.03 Å². The van der Waals surface area contributed by atoms with Crippen molar-refractivity contribution in [3.8, 4) is 6.07 Å². The van der Waals surface area contributed by atoms with E-state index in [0.717, 1.165) is 24.8 Å². The van der Waals surface area contributed by atoms with Crippen molar-refractivity contribution < 1.29 is 23.9 Å². The summed E-state index contributed by atoms with van der Waals surface area (Å²) < 4.78 is 10.7. The first-order valence-electron chi connectivity index (χ1n) is 13.1. The Labute approximate surface area is 226 Å². The Hall–Kier alpha value is -4.08. The molecule has 0 unspecified atom stereocenters. The van der Waals surface area contributed by atoms with Crippen LogP contribution in [-0.4, -0.2) is 78.7 Å². The maximum atomic E-state index is 13.4. The highest BCUT2D eigenvalue weighted by Gasteiger charge is 2.29. The summed E-state index contributed by atoms with van der Waals surface area (Å²) in [6, 6.07) is 5.29. The van der Waals surface area contributed by atoms with Gasteiger partial charge in [0, 0.05) is 44.6 Å². The molecule has 12 nitrogen and oxygen atoms in total. The lowest BCUT2D eigenvalue weighted by molar-refractivity contribution is -0.143. The van der Waals surface area contributed by atoms with Crippen molar-refractivity contribution in [1.29, 1.82) is 5.26 Å². The molecule has 12 heteroatoms. The molecule has 2 aliphatic heterocycles. The van der Waals surface area contributed by atoms with Crippen LogP contribution in [0.25, 0.3) is 0 Å². The number of pyridine rings is 2. The molecule has 1 saturated heterocycles. The van der Waals surface area contributed by atoms with Gasteiger partial charge in [0.05, 0.1) is 30.0 Å². The van der Waals surface area contributed by atoms with Gasteiger partial charge in [-0.3, -0.25) is 19.8 Å². The number of fused-ring (bicyclic) bond motifs is 1. The fourth-order valence-corrected chi connectivity index (χ4v) is 5.39. The maximum Gasteiger partial charge on any atom is 0.328 e. The third-order valence-corrected chi connectivity index (χ3v) is 7.43. The molecule has 3 amide bonds. The number of anilines is 3. The van der Waals surface area contributed by atoms with Crippen LogP contribution in [0.3, 0.4) is 0 Å². The second-order valence-electron chi connectivity index (χ2n) is 9.87. The quantitative estimate of drug-likeness (QED) is 0.512. The Kier molecular flexibility index (Phi) is 7.99. The number of amides is 3. The molecule has 39 heavy (non-hydrogen) atoms. The summed E-state index contributed by atoms with van der Waals surface area (Å²) in [4.78, 5) is 49.4. The van der Waals surface area contributed by atoms with Crippen molar-refractivity contribution in [2.24, 2.45) is 0 Å². The number of nitriles is 1. The van der Waals surface area contributed by atoms with E-state index in [9.17, 15) is 19.6 Å². The second kappa shape index (κ2) is 11.8. The number of methoxy groups -OCH3 is 1. The Morgan fingerprint density at radius 1 is 1.31 bits per heavy atom. The fourth-order valence-electron chi connectivity index (χ4n) is 5.39. The normalized spacial score (nSPS) is 20.8. The van der Waals surface area contributed by atoms with Gasteiger partial charge in [-0.1, -0.05) is 0 Å². The van der Waals surface area contributed by atoms with E-state index in [1.54, 1.807) is 18.1 Å². The Bertz CT molecular complexity index is 1310. The highest BCUT2D eigenvalue weighted by Crippen LogP contribution is 2.30. The van der Waals surface area contributed by atoms with Gasteiger partial charge in [0.2, 0.25) is 5.91 Å². The van der Waals surface area contributed by atoms with E-state index in [-0.39, 0.29) is 36.9 Å². The summed E-state index contributed by atoms with van der Waals surface area (Å²) in [7, 11) is 1.68. The number of aldehydes is 1. The van der Waals surface area contributed by atoms with Crippen LogP contribution < -0.4 is 15.5 Å². The molecule has 2 aromatic rings. The third kappa shape index (κ3) is 5.69. The van der Waals surface area contributed by atoms with E-state index in [2.05, 4.69) is 26.7 Å². The maximum absolute atomic E-state index is 13.4. The summed E-state index contributed by atoms with van der Waals surface area (Å²) >= 11 is 0. The van der Waals surface area contributed by atoms with Gasteiger partial charge >= 0.3 is 6.03 Å². The zero-order valence-electron chi connectivity index (χ0n) is 21.8. The number of nitrogens with zero attached hydrogens (tertiary/aromatic N) is 5. The molecule has 204 valence electrons. The van der Waals surface area contributed by atoms with E-state index in [0.29, 0.717) is 67.3 Å². The molecule has 5 rings (SSSR count). The van der Waals surface area contributed by atoms with Crippen molar-refractivity contribution in [3.05, 3.63) is 40.7 Å². The minimum atomic E-state index is -0.435. The zero-order valence-corrected chi connectivity index (χ0v) is 21.8. The van der Waals surface area contributed by atoms with Crippen molar-refractivity contribution in [1.82, 2.24) is 14.9 Å². The van der Waals surface area contributed by atoms with Gasteiger partial charge in [-0.15, -0.1) is 0 Å². The predicted octanol–water partition coefficient (Wildman–Crippen LogP) is 2.48. The SMILES string of the molecule is CO[C@H]1CCC[C@@H]1Nc1cc(NC(=O)N2CCCc3cc(CN4CCOCC4=O)c(C=O)nc32)ncc1C#N. The average Bonchev–Trinajstić information content (AvgIpc) is 3.40. The lowest BCUT2D eigenvalue weighted by atomic mass is 10.0.